The van der Waals surface area contributed by atoms with E-state index in [0.717, 1.165) is 18.8 Å². The summed E-state index contributed by atoms with van der Waals surface area (Å²) in [5.41, 5.74) is 0. The molecule has 2 fully saturated rings. The average molecular weight is 258 g/mol. The van der Waals surface area contributed by atoms with Gasteiger partial charge in [0.2, 0.25) is 0 Å². The Morgan fingerprint density at radius 3 is 2.00 bits per heavy atom. The Bertz CT molecular complexity index is 262. The van der Waals surface area contributed by atoms with E-state index in [1.807, 2.05) is 0 Å². The Hall–Kier alpha value is -0.470. The molecule has 18 heavy (non-hydrogen) atoms. The fourth-order valence-electron chi connectivity index (χ4n) is 3.84. The topological polar surface area (TPSA) is 17.1 Å². The van der Waals surface area contributed by atoms with Gasteiger partial charge in [-0.05, 0) is 43.4 Å². The lowest BCUT2D eigenvalue weighted by molar-refractivity contribution is -0.118. The molecular formula is C15H24F2O. The van der Waals surface area contributed by atoms with Gasteiger partial charge in [0, 0.05) is 0 Å². The van der Waals surface area contributed by atoms with E-state index in [1.54, 1.807) is 0 Å². The number of aldehydes is 1. The van der Waals surface area contributed by atoms with Crippen LogP contribution in [0.1, 0.15) is 51.9 Å². The molecule has 2 aliphatic rings. The molecule has 2 rings (SSSR count). The summed E-state index contributed by atoms with van der Waals surface area (Å²) in [5, 5.41) is 0. The first-order chi connectivity index (χ1) is 8.65. The van der Waals surface area contributed by atoms with Crippen molar-refractivity contribution in [3.05, 3.63) is 0 Å². The maximum Gasteiger partial charge on any atom is 0.128 e. The van der Waals surface area contributed by atoms with Gasteiger partial charge in [0.1, 0.15) is 18.6 Å². The van der Waals surface area contributed by atoms with Crippen LogP contribution < -0.4 is 0 Å². The van der Waals surface area contributed by atoms with Crippen molar-refractivity contribution in [3.63, 3.8) is 0 Å². The third-order valence-corrected chi connectivity index (χ3v) is 5.18. The van der Waals surface area contributed by atoms with Crippen molar-refractivity contribution in [2.75, 3.05) is 0 Å². The number of rotatable bonds is 3. The van der Waals surface area contributed by atoms with Crippen LogP contribution in [0, 0.1) is 23.7 Å². The molecular weight excluding hydrogens is 234 g/mol. The van der Waals surface area contributed by atoms with Gasteiger partial charge in [-0.3, -0.25) is 0 Å². The standard InChI is InChI=1S/C15H24F2O/c1-2-10-3-5-11(6-4-10)12-7-14(16)13(9-18)15(17)8-12/h9-15H,2-8H2,1H3. The van der Waals surface area contributed by atoms with E-state index in [4.69, 9.17) is 0 Å². The van der Waals surface area contributed by atoms with Crippen molar-refractivity contribution in [2.24, 2.45) is 23.7 Å². The van der Waals surface area contributed by atoms with Crippen molar-refractivity contribution in [2.45, 2.75) is 64.2 Å². The summed E-state index contributed by atoms with van der Waals surface area (Å²) in [5.74, 6) is 0.448. The molecule has 2 atom stereocenters. The molecule has 104 valence electrons. The summed E-state index contributed by atoms with van der Waals surface area (Å²) in [7, 11) is 0. The fourth-order valence-corrected chi connectivity index (χ4v) is 3.84. The zero-order valence-electron chi connectivity index (χ0n) is 11.2. The van der Waals surface area contributed by atoms with E-state index >= 15 is 0 Å². The molecule has 0 aromatic rings. The second-order valence-corrected chi connectivity index (χ2v) is 6.17. The Labute approximate surface area is 108 Å². The molecule has 0 aliphatic heterocycles. The highest BCUT2D eigenvalue weighted by Crippen LogP contribution is 2.43. The van der Waals surface area contributed by atoms with Crippen molar-refractivity contribution < 1.29 is 13.6 Å². The van der Waals surface area contributed by atoms with Crippen LogP contribution in [0.4, 0.5) is 8.78 Å². The first-order valence-corrected chi connectivity index (χ1v) is 7.39. The van der Waals surface area contributed by atoms with Gasteiger partial charge >= 0.3 is 0 Å². The van der Waals surface area contributed by atoms with Gasteiger partial charge in [0.05, 0.1) is 5.92 Å². The van der Waals surface area contributed by atoms with Crippen LogP contribution in [0.15, 0.2) is 0 Å². The molecule has 2 aliphatic carbocycles. The molecule has 0 aromatic heterocycles. The van der Waals surface area contributed by atoms with Crippen LogP contribution in [-0.2, 0) is 4.79 Å². The number of hydrogen-bond donors (Lipinski definition) is 0. The third kappa shape index (κ3) is 2.92. The smallest absolute Gasteiger partial charge is 0.128 e. The summed E-state index contributed by atoms with van der Waals surface area (Å²) < 4.78 is 27.6. The van der Waals surface area contributed by atoms with Gasteiger partial charge in [-0.1, -0.05) is 26.2 Å². The van der Waals surface area contributed by atoms with Crippen molar-refractivity contribution in [1.82, 2.24) is 0 Å². The monoisotopic (exact) mass is 258 g/mol. The van der Waals surface area contributed by atoms with Crippen LogP contribution >= 0.6 is 0 Å². The molecule has 0 radical (unpaired) electrons. The van der Waals surface area contributed by atoms with E-state index in [-0.39, 0.29) is 5.92 Å². The lowest BCUT2D eigenvalue weighted by Crippen LogP contribution is -2.39. The number of carbonyl (C=O) groups excluding carboxylic acids is 1. The van der Waals surface area contributed by atoms with Crippen molar-refractivity contribution in [3.8, 4) is 0 Å². The molecule has 2 saturated carbocycles. The number of carbonyl (C=O) groups is 1. The van der Waals surface area contributed by atoms with E-state index in [9.17, 15) is 13.6 Å². The Morgan fingerprint density at radius 1 is 1.00 bits per heavy atom. The van der Waals surface area contributed by atoms with Gasteiger partial charge in [0.15, 0.2) is 0 Å². The molecule has 0 saturated heterocycles. The quantitative estimate of drug-likeness (QED) is 0.696. The minimum Gasteiger partial charge on any atom is -0.303 e. The van der Waals surface area contributed by atoms with Crippen molar-refractivity contribution in [1.29, 1.82) is 0 Å². The molecule has 0 spiro atoms. The molecule has 0 aromatic carbocycles. The average Bonchev–Trinajstić information content (AvgIpc) is 2.38. The first-order valence-electron chi connectivity index (χ1n) is 7.39. The highest BCUT2D eigenvalue weighted by atomic mass is 19.1. The zero-order chi connectivity index (χ0) is 13.1. The Kier molecular flexibility index (Phi) is 4.74. The molecule has 3 heteroatoms. The van der Waals surface area contributed by atoms with E-state index < -0.39 is 18.3 Å². The molecule has 2 unspecified atom stereocenters. The maximum absolute atomic E-state index is 13.8. The summed E-state index contributed by atoms with van der Waals surface area (Å²) in [4.78, 5) is 10.7. The summed E-state index contributed by atoms with van der Waals surface area (Å²) in [6.07, 6.45) is 4.62. The second kappa shape index (κ2) is 6.12. The van der Waals surface area contributed by atoms with E-state index in [1.165, 1.54) is 19.3 Å². The minimum absolute atomic E-state index is 0.156. The number of hydrogen-bond acceptors (Lipinski definition) is 1. The zero-order valence-corrected chi connectivity index (χ0v) is 11.2. The molecule has 0 N–H and O–H groups in total. The lowest BCUT2D eigenvalue weighted by atomic mass is 9.68. The fraction of sp³-hybridized carbons (Fsp3) is 0.933. The largest absolute Gasteiger partial charge is 0.303 e. The summed E-state index contributed by atoms with van der Waals surface area (Å²) >= 11 is 0. The highest BCUT2D eigenvalue weighted by Gasteiger charge is 2.41. The molecule has 0 amide bonds. The predicted octanol–water partition coefficient (Wildman–Crippen LogP) is 4.10. The highest BCUT2D eigenvalue weighted by molar-refractivity contribution is 5.55. The lowest BCUT2D eigenvalue weighted by Gasteiger charge is -2.39. The Balaban J connectivity index is 1.89. The van der Waals surface area contributed by atoms with Gasteiger partial charge in [-0.2, -0.15) is 0 Å². The third-order valence-electron chi connectivity index (χ3n) is 5.18. The molecule has 0 heterocycles. The van der Waals surface area contributed by atoms with Crippen LogP contribution in [-0.4, -0.2) is 18.6 Å². The molecule has 1 nitrogen and oxygen atoms in total. The number of alkyl halides is 2. The maximum atomic E-state index is 13.8. The minimum atomic E-state index is -1.26. The Morgan fingerprint density at radius 2 is 1.56 bits per heavy atom. The van der Waals surface area contributed by atoms with Crippen LogP contribution in [0.5, 0.6) is 0 Å². The normalized spacial score (nSPS) is 45.7. The SMILES string of the molecule is CCC1CCC(C2CC(F)C(C=O)C(F)C2)CC1. The van der Waals surface area contributed by atoms with Gasteiger partial charge in [0.25, 0.3) is 0 Å². The van der Waals surface area contributed by atoms with E-state index in [2.05, 4.69) is 6.92 Å². The van der Waals surface area contributed by atoms with Crippen LogP contribution in [0.3, 0.4) is 0 Å². The summed E-state index contributed by atoms with van der Waals surface area (Å²) in [6, 6.07) is 0. The number of halogens is 2. The predicted molar refractivity (Wildman–Crippen MR) is 67.8 cm³/mol. The molecule has 0 bridgehead atoms. The second-order valence-electron chi connectivity index (χ2n) is 6.17. The van der Waals surface area contributed by atoms with Gasteiger partial charge < -0.3 is 4.79 Å². The van der Waals surface area contributed by atoms with Crippen LogP contribution in [0.25, 0.3) is 0 Å². The van der Waals surface area contributed by atoms with Crippen LogP contribution in [0.2, 0.25) is 0 Å². The summed E-state index contributed by atoms with van der Waals surface area (Å²) in [6.45, 7) is 2.22. The first kappa shape index (κ1) is 14.0. The van der Waals surface area contributed by atoms with Crippen molar-refractivity contribution >= 4 is 6.29 Å². The van der Waals surface area contributed by atoms with E-state index in [0.29, 0.717) is 25.0 Å². The van der Waals surface area contributed by atoms with Gasteiger partial charge in [-0.15, -0.1) is 0 Å². The van der Waals surface area contributed by atoms with Gasteiger partial charge in [-0.25, -0.2) is 8.78 Å².